The van der Waals surface area contributed by atoms with Crippen LogP contribution in [0.15, 0.2) is 54.1 Å². The number of thiazole rings is 2. The van der Waals surface area contributed by atoms with Gasteiger partial charge in [0, 0.05) is 75.0 Å². The molecule has 2 fully saturated rings. The van der Waals surface area contributed by atoms with Gasteiger partial charge >= 0.3 is 0 Å². The van der Waals surface area contributed by atoms with Crippen molar-refractivity contribution in [3.05, 3.63) is 85.9 Å². The van der Waals surface area contributed by atoms with Gasteiger partial charge in [-0.15, -0.1) is 22.7 Å². The first kappa shape index (κ1) is 43.7. The predicted molar refractivity (Wildman–Crippen MR) is 232 cm³/mol. The van der Waals surface area contributed by atoms with Gasteiger partial charge in [0.25, 0.3) is 11.8 Å². The van der Waals surface area contributed by atoms with Crippen molar-refractivity contribution >= 4 is 40.1 Å². The molecule has 2 aliphatic carbocycles. The average Bonchev–Trinajstić information content (AvgIpc) is 3.97. The third kappa shape index (κ3) is 11.8. The number of amides is 2. The van der Waals surface area contributed by atoms with E-state index in [1.807, 2.05) is 66.2 Å². The summed E-state index contributed by atoms with van der Waals surface area (Å²) < 4.78 is 0. The predicted octanol–water partition coefficient (Wildman–Crippen LogP) is 8.91. The molecule has 0 spiro atoms. The fourth-order valence-electron chi connectivity index (χ4n) is 7.53. The minimum atomic E-state index is 0.0684. The number of hydrogen-bond acceptors (Lipinski definition) is 10. The van der Waals surface area contributed by atoms with Gasteiger partial charge in [0.05, 0.1) is 29.1 Å². The van der Waals surface area contributed by atoms with E-state index in [-0.39, 0.29) is 11.8 Å². The number of hydrogen-bond donors (Lipinski definition) is 0. The van der Waals surface area contributed by atoms with Crippen molar-refractivity contribution in [1.29, 1.82) is 10.5 Å². The zero-order valence-electron chi connectivity index (χ0n) is 34.4. The van der Waals surface area contributed by atoms with Crippen molar-refractivity contribution in [2.45, 2.75) is 92.0 Å². The summed E-state index contributed by atoms with van der Waals surface area (Å²) in [5.74, 6) is 0.164. The Balaban J connectivity index is 0.000000218. The highest BCUT2D eigenvalue weighted by atomic mass is 32.1. The molecule has 0 atom stereocenters. The van der Waals surface area contributed by atoms with Gasteiger partial charge in [-0.25, -0.2) is 9.97 Å². The number of piperazine rings is 1. The van der Waals surface area contributed by atoms with Gasteiger partial charge in [0.2, 0.25) is 0 Å². The fraction of sp³-hybridized carbons (Fsp3) is 0.511. The highest BCUT2D eigenvalue weighted by Crippen LogP contribution is 2.31. The number of carbonyl (C=O) groups excluding carboxylic acids is 2. The lowest BCUT2D eigenvalue weighted by Gasteiger charge is -2.37. The smallest absolute Gasteiger partial charge is 0.265 e. The minimum absolute atomic E-state index is 0.0684. The Morgan fingerprint density at radius 1 is 0.877 bits per heavy atom. The highest BCUT2D eigenvalue weighted by molar-refractivity contribution is 7.17. The van der Waals surface area contributed by atoms with Gasteiger partial charge in [0.15, 0.2) is 0 Å². The van der Waals surface area contributed by atoms with Crippen LogP contribution in [0.5, 0.6) is 0 Å². The Labute approximate surface area is 347 Å². The maximum absolute atomic E-state index is 13.3. The number of allylic oxidation sites excluding steroid dienone is 6. The molecule has 0 radical (unpaired) electrons. The van der Waals surface area contributed by atoms with Gasteiger partial charge < -0.3 is 14.7 Å². The van der Waals surface area contributed by atoms with E-state index in [4.69, 9.17) is 5.26 Å². The summed E-state index contributed by atoms with van der Waals surface area (Å²) in [7, 11) is 0. The molecule has 2 aromatic heterocycles. The number of benzene rings is 1. The van der Waals surface area contributed by atoms with Crippen LogP contribution in [0.25, 0.3) is 16.1 Å². The van der Waals surface area contributed by atoms with Crippen molar-refractivity contribution < 1.29 is 9.59 Å². The van der Waals surface area contributed by atoms with Crippen molar-refractivity contribution in [1.82, 2.24) is 29.6 Å². The minimum Gasteiger partial charge on any atom is -0.337 e. The number of aromatic nitrogens is 2. The molecule has 3 aromatic rings. The van der Waals surface area contributed by atoms with Crippen molar-refractivity contribution in [2.24, 2.45) is 0 Å². The van der Waals surface area contributed by atoms with Crippen LogP contribution in [0, 0.1) is 36.5 Å². The molecule has 0 bridgehead atoms. The molecule has 3 heterocycles. The molecule has 302 valence electrons. The van der Waals surface area contributed by atoms with Gasteiger partial charge in [-0.1, -0.05) is 70.4 Å². The molecule has 1 saturated carbocycles. The largest absolute Gasteiger partial charge is 0.337 e. The van der Waals surface area contributed by atoms with Gasteiger partial charge in [-0.2, -0.15) is 10.5 Å². The van der Waals surface area contributed by atoms with E-state index in [2.05, 4.69) is 52.7 Å². The fourth-order valence-corrected chi connectivity index (χ4v) is 9.60. The molecule has 3 aliphatic rings. The summed E-state index contributed by atoms with van der Waals surface area (Å²) >= 11 is 2.87. The Hall–Kier alpha value is -4.46. The zero-order chi connectivity index (χ0) is 40.7. The molecule has 1 aromatic carbocycles. The van der Waals surface area contributed by atoms with E-state index in [0.717, 1.165) is 109 Å². The van der Waals surface area contributed by atoms with Crippen LogP contribution in [0.4, 0.5) is 0 Å². The van der Waals surface area contributed by atoms with Crippen molar-refractivity contribution in [2.75, 3.05) is 58.9 Å². The van der Waals surface area contributed by atoms with Gasteiger partial charge in [-0.3, -0.25) is 14.5 Å². The van der Waals surface area contributed by atoms with E-state index >= 15 is 0 Å². The number of nitriles is 2. The van der Waals surface area contributed by atoms with E-state index < -0.39 is 0 Å². The van der Waals surface area contributed by atoms with Gasteiger partial charge in [-0.05, 0) is 70.8 Å². The lowest BCUT2D eigenvalue weighted by atomic mass is 10.1. The topological polar surface area (TPSA) is 120 Å². The first-order valence-electron chi connectivity index (χ1n) is 20.7. The SMILES string of the molecule is CCCCN(CC)CCN(CCC)C(=O)c1sc(C2=CC=CCC(C#N)=C2)nc1C.Cc1nc(-c2cccc(C#N)c2)sc1C(=O)N1CCN(C2CCCC2)CC1. The maximum atomic E-state index is 13.3. The van der Waals surface area contributed by atoms with Crippen LogP contribution < -0.4 is 0 Å². The molecule has 0 N–H and O–H groups in total. The van der Waals surface area contributed by atoms with Gasteiger partial charge in [0.1, 0.15) is 19.8 Å². The van der Waals surface area contributed by atoms with Crippen molar-refractivity contribution in [3.8, 4) is 22.7 Å². The molecular weight excluding hydrogens is 749 g/mol. The van der Waals surface area contributed by atoms with E-state index in [0.29, 0.717) is 22.4 Å². The summed E-state index contributed by atoms with van der Waals surface area (Å²) in [5, 5.41) is 20.0. The summed E-state index contributed by atoms with van der Waals surface area (Å²) in [6.07, 6.45) is 17.0. The number of unbranched alkanes of at least 4 members (excludes halogenated alkanes) is 1. The Morgan fingerprint density at radius 2 is 1.60 bits per heavy atom. The first-order chi connectivity index (χ1) is 27.7. The summed E-state index contributed by atoms with van der Waals surface area (Å²) in [5.41, 5.74) is 4.64. The van der Waals surface area contributed by atoms with Crippen LogP contribution >= 0.6 is 22.7 Å². The summed E-state index contributed by atoms with van der Waals surface area (Å²) in [4.78, 5) is 46.0. The number of carbonyl (C=O) groups is 2. The third-order valence-electron chi connectivity index (χ3n) is 10.9. The number of rotatable bonds is 14. The van der Waals surface area contributed by atoms with E-state index in [9.17, 15) is 14.9 Å². The van der Waals surface area contributed by atoms with Crippen LogP contribution in [0.2, 0.25) is 0 Å². The number of aryl methyl sites for hydroxylation is 2. The molecule has 6 rings (SSSR count). The standard InChI is InChI=1S/C24H34N4OS.C21H24N4OS/c1-5-8-14-27(7-3)15-16-28(13-6-2)24(29)22-19(4)26-23(30-22)21-12-10-9-11-20(17-21)18-25;1-15-19(27-20(23-15)17-6-4-5-16(13-17)14-22)21(26)25-11-9-24(10-12-25)18-7-2-3-8-18/h9-10,12,17H,5-8,11,13-16H2,1-4H3;4-6,13,18H,2-3,7-12H2,1H3. The third-order valence-corrected chi connectivity index (χ3v) is 13.3. The summed E-state index contributed by atoms with van der Waals surface area (Å²) in [6.45, 7) is 18.3. The highest BCUT2D eigenvalue weighted by Gasteiger charge is 2.30. The number of likely N-dealkylation sites (N-methyl/N-ethyl adjacent to an activating group) is 1. The number of nitrogens with zero attached hydrogens (tertiary/aromatic N) is 8. The van der Waals surface area contributed by atoms with Crippen molar-refractivity contribution in [3.63, 3.8) is 0 Å². The molecule has 1 saturated heterocycles. The van der Waals surface area contributed by atoms with E-state index in [1.54, 1.807) is 6.07 Å². The lowest BCUT2D eigenvalue weighted by molar-refractivity contribution is 0.0576. The van der Waals surface area contributed by atoms with E-state index in [1.165, 1.54) is 61.2 Å². The first-order valence-corrected chi connectivity index (χ1v) is 22.3. The van der Waals surface area contributed by atoms with Crippen LogP contribution in [0.3, 0.4) is 0 Å². The Bertz CT molecular complexity index is 2000. The monoisotopic (exact) mass is 806 g/mol. The second-order valence-electron chi connectivity index (χ2n) is 14.9. The summed E-state index contributed by atoms with van der Waals surface area (Å²) in [6, 6.07) is 12.5. The second kappa shape index (κ2) is 21.9. The zero-order valence-corrected chi connectivity index (χ0v) is 36.1. The maximum Gasteiger partial charge on any atom is 0.265 e. The van der Waals surface area contributed by atoms with Crippen LogP contribution in [-0.2, 0) is 0 Å². The Kier molecular flexibility index (Phi) is 16.8. The normalized spacial score (nSPS) is 16.0. The molecule has 0 unspecified atom stereocenters. The molecule has 1 aliphatic heterocycles. The molecule has 10 nitrogen and oxygen atoms in total. The van der Waals surface area contributed by atoms with Crippen LogP contribution in [0.1, 0.15) is 113 Å². The molecular formula is C45H58N8O2S2. The quantitative estimate of drug-likeness (QED) is 0.159. The lowest BCUT2D eigenvalue weighted by Crippen LogP contribution is -2.51. The van der Waals surface area contributed by atoms with Crippen LogP contribution in [-0.4, -0.2) is 106 Å². The second-order valence-corrected chi connectivity index (χ2v) is 16.9. The molecule has 57 heavy (non-hydrogen) atoms. The molecule has 12 heteroatoms. The average molecular weight is 807 g/mol. The Morgan fingerprint density at radius 3 is 2.28 bits per heavy atom. The molecule has 2 amide bonds.